The Kier molecular flexibility index (Phi) is 9.98. The highest BCUT2D eigenvalue weighted by atomic mass is 127. The molecule has 2 aromatic rings. The Hall–Kier alpha value is -1.24. The number of rotatable bonds is 7. The number of carbonyl (C=O) groups excluding carboxylic acids is 1. The summed E-state index contributed by atoms with van der Waals surface area (Å²) in [6.07, 6.45) is 1.43. The van der Waals surface area contributed by atoms with Crippen molar-refractivity contribution in [2.75, 3.05) is 34.3 Å². The van der Waals surface area contributed by atoms with E-state index < -0.39 is 0 Å². The Morgan fingerprint density at radius 1 is 1.47 bits per heavy atom. The third-order valence-electron chi connectivity index (χ3n) is 5.03. The number of hydrogen-bond acceptors (Lipinski definition) is 6. The number of guanidine groups is 1. The summed E-state index contributed by atoms with van der Waals surface area (Å²) in [6.45, 7) is 4.75. The molecule has 0 saturated carbocycles. The Morgan fingerprint density at radius 2 is 2.27 bits per heavy atom. The topological polar surface area (TPSA) is 70.1 Å². The summed E-state index contributed by atoms with van der Waals surface area (Å²) in [4.78, 5) is 26.9. The van der Waals surface area contributed by atoms with Gasteiger partial charge in [0.05, 0.1) is 12.2 Å². The summed E-state index contributed by atoms with van der Waals surface area (Å²) in [5.41, 5.74) is 2.28. The molecule has 1 atom stereocenters. The van der Waals surface area contributed by atoms with E-state index in [0.29, 0.717) is 19.5 Å². The van der Waals surface area contributed by atoms with Crippen molar-refractivity contribution in [1.29, 1.82) is 0 Å². The first kappa shape index (κ1) is 25.0. The first-order chi connectivity index (χ1) is 14.0. The number of aromatic nitrogens is 1. The smallest absolute Gasteiger partial charge is 0.224 e. The first-order valence-corrected chi connectivity index (χ1v) is 11.5. The van der Waals surface area contributed by atoms with Gasteiger partial charge in [-0.15, -0.1) is 46.7 Å². The van der Waals surface area contributed by atoms with Gasteiger partial charge in [0, 0.05) is 57.5 Å². The van der Waals surface area contributed by atoms with Crippen molar-refractivity contribution in [3.8, 4) is 0 Å². The van der Waals surface area contributed by atoms with Gasteiger partial charge >= 0.3 is 0 Å². The van der Waals surface area contributed by atoms with Crippen LogP contribution in [-0.2, 0) is 29.0 Å². The van der Waals surface area contributed by atoms with Crippen molar-refractivity contribution >= 4 is 58.5 Å². The molecule has 2 aromatic heterocycles. The number of fused-ring (bicyclic) bond motifs is 1. The van der Waals surface area contributed by atoms with Crippen LogP contribution in [0.25, 0.3) is 0 Å². The predicted molar refractivity (Wildman–Crippen MR) is 134 cm³/mol. The van der Waals surface area contributed by atoms with Gasteiger partial charge in [-0.1, -0.05) is 0 Å². The summed E-state index contributed by atoms with van der Waals surface area (Å²) in [5.74, 6) is 0.941. The maximum atomic E-state index is 12.6. The highest BCUT2D eigenvalue weighted by Crippen LogP contribution is 2.24. The molecule has 30 heavy (non-hydrogen) atoms. The molecule has 7 nitrogen and oxygen atoms in total. The fraction of sp³-hybridized carbons (Fsp3) is 0.550. The second-order valence-electron chi connectivity index (χ2n) is 7.07. The molecule has 0 radical (unpaired) electrons. The van der Waals surface area contributed by atoms with E-state index in [2.05, 4.69) is 26.7 Å². The molecule has 0 aliphatic carbocycles. The SMILES string of the molecule is CN=C(NCCC(=O)N1CCc2sccc2C1)N(C)Cc1csc(C(C)OC)n1.I. The van der Waals surface area contributed by atoms with Gasteiger partial charge in [0.2, 0.25) is 5.91 Å². The van der Waals surface area contributed by atoms with Crippen molar-refractivity contribution in [1.82, 2.24) is 20.1 Å². The van der Waals surface area contributed by atoms with Crippen LogP contribution in [0.15, 0.2) is 21.8 Å². The van der Waals surface area contributed by atoms with Crippen molar-refractivity contribution in [2.45, 2.75) is 39.0 Å². The van der Waals surface area contributed by atoms with E-state index in [9.17, 15) is 4.79 Å². The summed E-state index contributed by atoms with van der Waals surface area (Å²) in [5, 5.41) is 8.43. The second-order valence-corrected chi connectivity index (χ2v) is 8.96. The molecule has 3 rings (SSSR count). The van der Waals surface area contributed by atoms with E-state index in [4.69, 9.17) is 4.74 Å². The monoisotopic (exact) mass is 563 g/mol. The van der Waals surface area contributed by atoms with E-state index in [1.807, 2.05) is 29.2 Å². The summed E-state index contributed by atoms with van der Waals surface area (Å²) >= 11 is 3.39. The lowest BCUT2D eigenvalue weighted by Crippen LogP contribution is -2.41. The van der Waals surface area contributed by atoms with Gasteiger partial charge in [0.25, 0.3) is 0 Å². The molecule has 0 bridgehead atoms. The number of ether oxygens (including phenoxy) is 1. The van der Waals surface area contributed by atoms with Gasteiger partial charge in [0.1, 0.15) is 11.1 Å². The predicted octanol–water partition coefficient (Wildman–Crippen LogP) is 3.51. The Bertz CT molecular complexity index is 854. The summed E-state index contributed by atoms with van der Waals surface area (Å²) < 4.78 is 5.33. The normalized spacial score (nSPS) is 14.7. The van der Waals surface area contributed by atoms with Crippen LogP contribution >= 0.6 is 46.7 Å². The van der Waals surface area contributed by atoms with Crippen molar-refractivity contribution in [2.24, 2.45) is 4.99 Å². The van der Waals surface area contributed by atoms with E-state index in [-0.39, 0.29) is 36.0 Å². The number of thiazole rings is 1. The lowest BCUT2D eigenvalue weighted by molar-refractivity contribution is -0.131. The van der Waals surface area contributed by atoms with Crippen LogP contribution in [0, 0.1) is 0 Å². The van der Waals surface area contributed by atoms with Crippen molar-refractivity contribution in [3.63, 3.8) is 0 Å². The number of nitrogens with zero attached hydrogens (tertiary/aromatic N) is 4. The standard InChI is InChI=1S/C20H29N5O2S2.HI/c1-14(27-4)19-23-16(13-29-19)12-24(3)20(21-2)22-8-5-18(26)25-9-6-17-15(11-25)7-10-28-17;/h7,10,13-14H,5-6,8-9,11-12H2,1-4H3,(H,21,22);1H. The summed E-state index contributed by atoms with van der Waals surface area (Å²) in [6, 6.07) is 2.13. The van der Waals surface area contributed by atoms with Gasteiger partial charge in [-0.3, -0.25) is 9.79 Å². The molecule has 0 saturated heterocycles. The molecular weight excluding hydrogens is 533 g/mol. The minimum Gasteiger partial charge on any atom is -0.375 e. The molecule has 0 spiro atoms. The van der Waals surface area contributed by atoms with Crippen LogP contribution in [0.5, 0.6) is 0 Å². The van der Waals surface area contributed by atoms with Crippen LogP contribution in [-0.4, -0.2) is 60.9 Å². The lowest BCUT2D eigenvalue weighted by atomic mass is 10.1. The second kappa shape index (κ2) is 12.0. The third kappa shape index (κ3) is 6.38. The largest absolute Gasteiger partial charge is 0.375 e. The zero-order valence-corrected chi connectivity index (χ0v) is 21.8. The van der Waals surface area contributed by atoms with Crippen LogP contribution < -0.4 is 5.32 Å². The number of amides is 1. The van der Waals surface area contributed by atoms with Crippen LogP contribution in [0.4, 0.5) is 0 Å². The molecule has 1 N–H and O–H groups in total. The first-order valence-electron chi connectivity index (χ1n) is 9.73. The van der Waals surface area contributed by atoms with Crippen LogP contribution in [0.1, 0.15) is 40.6 Å². The maximum Gasteiger partial charge on any atom is 0.224 e. The molecule has 10 heteroatoms. The van der Waals surface area contributed by atoms with Gasteiger partial charge in [-0.2, -0.15) is 0 Å². The molecule has 3 heterocycles. The quantitative estimate of drug-likeness (QED) is 0.317. The third-order valence-corrected chi connectivity index (χ3v) is 7.10. The fourth-order valence-electron chi connectivity index (χ4n) is 3.29. The molecule has 1 amide bonds. The number of nitrogens with one attached hydrogen (secondary N) is 1. The molecule has 1 unspecified atom stereocenters. The Morgan fingerprint density at radius 3 is 3.00 bits per heavy atom. The molecule has 166 valence electrons. The van der Waals surface area contributed by atoms with E-state index >= 15 is 0 Å². The number of aliphatic imine (C=N–C) groups is 1. The fourth-order valence-corrected chi connectivity index (χ4v) is 5.02. The van der Waals surface area contributed by atoms with Gasteiger partial charge in [-0.25, -0.2) is 4.98 Å². The minimum atomic E-state index is 0. The molecule has 0 aromatic carbocycles. The maximum absolute atomic E-state index is 12.6. The van der Waals surface area contributed by atoms with Gasteiger partial charge in [0.15, 0.2) is 5.96 Å². The van der Waals surface area contributed by atoms with E-state index in [1.54, 1.807) is 36.8 Å². The highest BCUT2D eigenvalue weighted by Gasteiger charge is 2.21. The zero-order valence-electron chi connectivity index (χ0n) is 17.9. The zero-order chi connectivity index (χ0) is 20.8. The molecule has 0 fully saturated rings. The van der Waals surface area contributed by atoms with Gasteiger partial charge < -0.3 is 19.9 Å². The average Bonchev–Trinajstić information content (AvgIpc) is 3.39. The number of methoxy groups -OCH3 is 1. The highest BCUT2D eigenvalue weighted by molar-refractivity contribution is 14.0. The van der Waals surface area contributed by atoms with Crippen LogP contribution in [0.3, 0.4) is 0 Å². The average molecular weight is 564 g/mol. The van der Waals surface area contributed by atoms with Crippen molar-refractivity contribution in [3.05, 3.63) is 38.0 Å². The van der Waals surface area contributed by atoms with Crippen LogP contribution in [0.2, 0.25) is 0 Å². The van der Waals surface area contributed by atoms with E-state index in [1.165, 1.54) is 10.4 Å². The van der Waals surface area contributed by atoms with Gasteiger partial charge in [-0.05, 0) is 30.4 Å². The number of hydrogen-bond donors (Lipinski definition) is 1. The number of halogens is 1. The number of thiophene rings is 1. The Balaban J connectivity index is 0.00000320. The summed E-state index contributed by atoms with van der Waals surface area (Å²) in [7, 11) is 5.41. The Labute approximate surface area is 203 Å². The molecule has 1 aliphatic rings. The van der Waals surface area contributed by atoms with Crippen molar-refractivity contribution < 1.29 is 9.53 Å². The molecular formula is C20H30IN5O2S2. The lowest BCUT2D eigenvalue weighted by Gasteiger charge is -2.27. The van der Waals surface area contributed by atoms with E-state index in [0.717, 1.165) is 36.2 Å². The number of carbonyl (C=O) groups is 1. The molecule has 1 aliphatic heterocycles. The minimum absolute atomic E-state index is 0.